The second kappa shape index (κ2) is 6.48. The standard InChI is InChI=1S/C15H21N3O/c1-3-6-12(2)16-9-10-18-15(19)14-8-5-4-7-13(14)11-17-18/h4-5,7-8,11-12,16H,3,6,9-10H2,1-2H3. The first kappa shape index (κ1) is 13.7. The van der Waals surface area contributed by atoms with Crippen molar-refractivity contribution >= 4 is 10.8 Å². The number of fused-ring (bicyclic) bond motifs is 1. The molecule has 1 unspecified atom stereocenters. The lowest BCUT2D eigenvalue weighted by Crippen LogP contribution is -2.33. The Hall–Kier alpha value is -1.68. The quantitative estimate of drug-likeness (QED) is 0.865. The van der Waals surface area contributed by atoms with Crippen molar-refractivity contribution in [3.8, 4) is 0 Å². The van der Waals surface area contributed by atoms with Crippen LogP contribution in [0.1, 0.15) is 26.7 Å². The van der Waals surface area contributed by atoms with Gasteiger partial charge in [-0.15, -0.1) is 0 Å². The van der Waals surface area contributed by atoms with Crippen LogP contribution in [0.5, 0.6) is 0 Å². The van der Waals surface area contributed by atoms with Crippen LogP contribution >= 0.6 is 0 Å². The van der Waals surface area contributed by atoms with Crippen LogP contribution in [0.25, 0.3) is 10.8 Å². The van der Waals surface area contributed by atoms with Crippen molar-refractivity contribution < 1.29 is 0 Å². The largest absolute Gasteiger partial charge is 0.312 e. The summed E-state index contributed by atoms with van der Waals surface area (Å²) in [4.78, 5) is 12.2. The highest BCUT2D eigenvalue weighted by Crippen LogP contribution is 2.06. The van der Waals surface area contributed by atoms with Gasteiger partial charge in [-0.05, 0) is 19.4 Å². The maximum Gasteiger partial charge on any atom is 0.274 e. The molecule has 0 radical (unpaired) electrons. The molecule has 2 rings (SSSR count). The summed E-state index contributed by atoms with van der Waals surface area (Å²) in [6.07, 6.45) is 4.08. The molecule has 0 saturated heterocycles. The maximum absolute atomic E-state index is 12.2. The fraction of sp³-hybridized carbons (Fsp3) is 0.467. The summed E-state index contributed by atoms with van der Waals surface area (Å²) in [5.41, 5.74) is -0.0111. The average Bonchev–Trinajstić information content (AvgIpc) is 2.42. The molecule has 0 fully saturated rings. The Morgan fingerprint density at radius 2 is 2.16 bits per heavy atom. The molecule has 1 aromatic carbocycles. The van der Waals surface area contributed by atoms with Crippen molar-refractivity contribution in [1.82, 2.24) is 15.1 Å². The molecule has 0 bridgehead atoms. The molecule has 0 amide bonds. The first-order chi connectivity index (χ1) is 9.22. The lowest BCUT2D eigenvalue weighted by atomic mass is 10.2. The molecule has 4 nitrogen and oxygen atoms in total. The first-order valence-corrected chi connectivity index (χ1v) is 6.90. The average molecular weight is 259 g/mol. The molecule has 0 aliphatic heterocycles. The van der Waals surface area contributed by atoms with Crippen molar-refractivity contribution in [1.29, 1.82) is 0 Å². The highest BCUT2D eigenvalue weighted by molar-refractivity contribution is 5.80. The Bertz CT molecular complexity index is 591. The fourth-order valence-electron chi connectivity index (χ4n) is 2.24. The Labute approximate surface area is 113 Å². The van der Waals surface area contributed by atoms with Crippen LogP contribution in [0, 0.1) is 0 Å². The Balaban J connectivity index is 2.05. The minimum absolute atomic E-state index is 0.0111. The molecule has 0 aliphatic rings. The van der Waals surface area contributed by atoms with Crippen LogP contribution in [0.3, 0.4) is 0 Å². The third kappa shape index (κ3) is 3.41. The van der Waals surface area contributed by atoms with Gasteiger partial charge in [-0.25, -0.2) is 4.68 Å². The summed E-state index contributed by atoms with van der Waals surface area (Å²) in [5, 5.41) is 9.26. The summed E-state index contributed by atoms with van der Waals surface area (Å²) in [7, 11) is 0. The highest BCUT2D eigenvalue weighted by atomic mass is 16.1. The number of aromatic nitrogens is 2. The zero-order chi connectivity index (χ0) is 13.7. The monoisotopic (exact) mass is 259 g/mol. The molecule has 1 N–H and O–H groups in total. The summed E-state index contributed by atoms with van der Waals surface area (Å²) in [6.45, 7) is 5.72. The Morgan fingerprint density at radius 1 is 1.37 bits per heavy atom. The van der Waals surface area contributed by atoms with Gasteiger partial charge >= 0.3 is 0 Å². The van der Waals surface area contributed by atoms with Gasteiger partial charge < -0.3 is 5.32 Å². The van der Waals surface area contributed by atoms with E-state index >= 15 is 0 Å². The molecule has 0 saturated carbocycles. The summed E-state index contributed by atoms with van der Waals surface area (Å²) in [6, 6.07) is 8.05. The number of nitrogens with one attached hydrogen (secondary N) is 1. The SMILES string of the molecule is CCCC(C)NCCn1ncc2ccccc2c1=O. The molecular formula is C15H21N3O. The van der Waals surface area contributed by atoms with E-state index in [1.54, 1.807) is 6.20 Å². The Kier molecular flexibility index (Phi) is 4.68. The van der Waals surface area contributed by atoms with Gasteiger partial charge in [0.05, 0.1) is 18.1 Å². The van der Waals surface area contributed by atoms with Crippen LogP contribution in [0.15, 0.2) is 35.3 Å². The third-order valence-corrected chi connectivity index (χ3v) is 3.30. The lowest BCUT2D eigenvalue weighted by Gasteiger charge is -2.13. The number of hydrogen-bond acceptors (Lipinski definition) is 3. The fourth-order valence-corrected chi connectivity index (χ4v) is 2.24. The van der Waals surface area contributed by atoms with E-state index in [1.807, 2.05) is 24.3 Å². The molecule has 0 spiro atoms. The molecule has 102 valence electrons. The van der Waals surface area contributed by atoms with E-state index in [9.17, 15) is 4.79 Å². The van der Waals surface area contributed by atoms with E-state index in [0.717, 1.165) is 23.7 Å². The predicted octanol–water partition coefficient (Wildman–Crippen LogP) is 2.17. The number of rotatable bonds is 6. The van der Waals surface area contributed by atoms with Gasteiger partial charge in [0.25, 0.3) is 5.56 Å². The van der Waals surface area contributed by atoms with E-state index in [1.165, 1.54) is 11.1 Å². The van der Waals surface area contributed by atoms with Crippen LogP contribution < -0.4 is 10.9 Å². The molecule has 0 aliphatic carbocycles. The minimum atomic E-state index is -0.0111. The van der Waals surface area contributed by atoms with Crippen molar-refractivity contribution in [2.75, 3.05) is 6.54 Å². The van der Waals surface area contributed by atoms with Gasteiger partial charge in [0, 0.05) is 18.0 Å². The summed E-state index contributed by atoms with van der Waals surface area (Å²) < 4.78 is 1.54. The molecule has 4 heteroatoms. The lowest BCUT2D eigenvalue weighted by molar-refractivity contribution is 0.465. The van der Waals surface area contributed by atoms with Crippen molar-refractivity contribution in [2.24, 2.45) is 0 Å². The molecule has 1 heterocycles. The van der Waals surface area contributed by atoms with Crippen LogP contribution in [0.4, 0.5) is 0 Å². The summed E-state index contributed by atoms with van der Waals surface area (Å²) in [5.74, 6) is 0. The topological polar surface area (TPSA) is 46.9 Å². The zero-order valence-corrected chi connectivity index (χ0v) is 11.6. The zero-order valence-electron chi connectivity index (χ0n) is 11.6. The van der Waals surface area contributed by atoms with Gasteiger partial charge in [0.2, 0.25) is 0 Å². The number of benzene rings is 1. The maximum atomic E-state index is 12.2. The van der Waals surface area contributed by atoms with Gasteiger partial charge in [-0.1, -0.05) is 31.5 Å². The van der Waals surface area contributed by atoms with Gasteiger partial charge in [-0.3, -0.25) is 4.79 Å². The predicted molar refractivity (Wildman–Crippen MR) is 78.4 cm³/mol. The number of nitrogens with zero attached hydrogens (tertiary/aromatic N) is 2. The normalized spacial score (nSPS) is 12.7. The molecule has 2 aromatic rings. The van der Waals surface area contributed by atoms with Gasteiger partial charge in [0.1, 0.15) is 0 Å². The second-order valence-corrected chi connectivity index (χ2v) is 4.90. The first-order valence-electron chi connectivity index (χ1n) is 6.90. The van der Waals surface area contributed by atoms with Crippen LogP contribution in [-0.4, -0.2) is 22.4 Å². The smallest absolute Gasteiger partial charge is 0.274 e. The molecule has 1 aromatic heterocycles. The van der Waals surface area contributed by atoms with Crippen LogP contribution in [-0.2, 0) is 6.54 Å². The molecule has 19 heavy (non-hydrogen) atoms. The van der Waals surface area contributed by atoms with Gasteiger partial charge in [0.15, 0.2) is 0 Å². The number of hydrogen-bond donors (Lipinski definition) is 1. The van der Waals surface area contributed by atoms with E-state index in [2.05, 4.69) is 24.3 Å². The van der Waals surface area contributed by atoms with E-state index in [0.29, 0.717) is 12.6 Å². The van der Waals surface area contributed by atoms with E-state index in [-0.39, 0.29) is 5.56 Å². The Morgan fingerprint density at radius 3 is 2.95 bits per heavy atom. The van der Waals surface area contributed by atoms with Crippen molar-refractivity contribution in [3.05, 3.63) is 40.8 Å². The minimum Gasteiger partial charge on any atom is -0.312 e. The highest BCUT2D eigenvalue weighted by Gasteiger charge is 2.04. The van der Waals surface area contributed by atoms with Gasteiger partial charge in [-0.2, -0.15) is 5.10 Å². The third-order valence-electron chi connectivity index (χ3n) is 3.30. The second-order valence-electron chi connectivity index (χ2n) is 4.90. The van der Waals surface area contributed by atoms with E-state index < -0.39 is 0 Å². The summed E-state index contributed by atoms with van der Waals surface area (Å²) >= 11 is 0. The molecular weight excluding hydrogens is 238 g/mol. The van der Waals surface area contributed by atoms with Crippen molar-refractivity contribution in [3.63, 3.8) is 0 Å². The van der Waals surface area contributed by atoms with Crippen LogP contribution in [0.2, 0.25) is 0 Å². The molecule has 1 atom stereocenters. The van der Waals surface area contributed by atoms with Crippen molar-refractivity contribution in [2.45, 2.75) is 39.3 Å². The van der Waals surface area contributed by atoms with E-state index in [4.69, 9.17) is 0 Å².